The van der Waals surface area contributed by atoms with E-state index < -0.39 is 10.8 Å². The van der Waals surface area contributed by atoms with Crippen LogP contribution < -0.4 is 0 Å². The highest BCUT2D eigenvalue weighted by atomic mass is 32.2. The molecule has 2 rings (SSSR count). The Morgan fingerprint density at radius 3 is 3.07 bits per heavy atom. The first-order valence-corrected chi connectivity index (χ1v) is 5.48. The fourth-order valence-corrected chi connectivity index (χ4v) is 2.12. The first kappa shape index (κ1) is 9.15. The highest BCUT2D eigenvalue weighted by Crippen LogP contribution is 2.20. The average molecular weight is 207 g/mol. The monoisotopic (exact) mass is 207 g/mol. The van der Waals surface area contributed by atoms with Gasteiger partial charge in [-0.15, -0.1) is 6.58 Å². The highest BCUT2D eigenvalue weighted by Gasteiger charge is 2.12. The van der Waals surface area contributed by atoms with E-state index in [1.807, 2.05) is 18.2 Å². The van der Waals surface area contributed by atoms with Gasteiger partial charge in [-0.05, 0) is 12.1 Å². The molecule has 0 amide bonds. The zero-order valence-corrected chi connectivity index (χ0v) is 8.29. The van der Waals surface area contributed by atoms with E-state index in [1.165, 1.54) is 0 Å². The van der Waals surface area contributed by atoms with Crippen LogP contribution in [0.5, 0.6) is 0 Å². The number of hydrogen-bond acceptors (Lipinski definition) is 3. The molecule has 0 fully saturated rings. The Bertz CT molecular complexity index is 490. The van der Waals surface area contributed by atoms with Gasteiger partial charge in [0, 0.05) is 5.75 Å². The summed E-state index contributed by atoms with van der Waals surface area (Å²) in [5.41, 5.74) is 0.667. The van der Waals surface area contributed by atoms with Crippen molar-refractivity contribution < 1.29 is 8.73 Å². The van der Waals surface area contributed by atoms with Gasteiger partial charge in [-0.25, -0.2) is 0 Å². The quantitative estimate of drug-likeness (QED) is 0.724. The van der Waals surface area contributed by atoms with Crippen LogP contribution in [0.15, 0.2) is 46.5 Å². The van der Waals surface area contributed by atoms with Crippen LogP contribution in [-0.4, -0.2) is 15.1 Å². The first-order chi connectivity index (χ1) is 6.83. The maximum atomic E-state index is 11.6. The van der Waals surface area contributed by atoms with Crippen LogP contribution in [0, 0.1) is 0 Å². The van der Waals surface area contributed by atoms with Crippen LogP contribution in [0.3, 0.4) is 0 Å². The van der Waals surface area contributed by atoms with Crippen LogP contribution in [-0.2, 0) is 10.8 Å². The summed E-state index contributed by atoms with van der Waals surface area (Å²) in [5.74, 6) is 0.399. The molecule has 1 aromatic carbocycles. The predicted molar refractivity (Wildman–Crippen MR) is 55.5 cm³/mol. The second kappa shape index (κ2) is 3.75. The number of benzene rings is 1. The molecule has 2 aromatic rings. The standard InChI is InChI=1S/C10H9NO2S/c1-2-7-14(12)10-8-5-3-4-6-9(8)13-11-10/h2-6H,1,7H2. The Hall–Kier alpha value is -1.42. The fraction of sp³-hybridized carbons (Fsp3) is 0.100. The minimum absolute atomic E-state index is 0.399. The van der Waals surface area contributed by atoms with Crippen LogP contribution in [0.4, 0.5) is 0 Å². The van der Waals surface area contributed by atoms with E-state index >= 15 is 0 Å². The third-order valence-corrected chi connectivity index (χ3v) is 3.09. The maximum Gasteiger partial charge on any atom is 0.178 e. The lowest BCUT2D eigenvalue weighted by molar-refractivity contribution is 0.435. The van der Waals surface area contributed by atoms with Gasteiger partial charge in [-0.2, -0.15) is 0 Å². The molecule has 0 aliphatic rings. The summed E-state index contributed by atoms with van der Waals surface area (Å²) in [5, 5.41) is 5.10. The zero-order chi connectivity index (χ0) is 9.97. The van der Waals surface area contributed by atoms with E-state index in [-0.39, 0.29) is 0 Å². The molecule has 0 spiro atoms. The van der Waals surface area contributed by atoms with Crippen molar-refractivity contribution in [2.45, 2.75) is 5.03 Å². The molecule has 0 bridgehead atoms. The van der Waals surface area contributed by atoms with Crippen LogP contribution in [0.2, 0.25) is 0 Å². The lowest BCUT2D eigenvalue weighted by atomic mass is 10.3. The van der Waals surface area contributed by atoms with Crippen molar-refractivity contribution in [2.24, 2.45) is 0 Å². The summed E-state index contributed by atoms with van der Waals surface area (Å²) in [6.07, 6.45) is 1.61. The predicted octanol–water partition coefficient (Wildman–Crippen LogP) is 2.12. The molecule has 0 aliphatic heterocycles. The number of aromatic nitrogens is 1. The molecule has 4 heteroatoms. The second-order valence-corrected chi connectivity index (χ2v) is 4.20. The Labute approximate surface area is 83.9 Å². The van der Waals surface area contributed by atoms with E-state index in [9.17, 15) is 4.21 Å². The molecule has 0 aliphatic carbocycles. The Balaban J connectivity index is 2.52. The van der Waals surface area contributed by atoms with Gasteiger partial charge in [-0.1, -0.05) is 23.4 Å². The van der Waals surface area contributed by atoms with Crippen molar-refractivity contribution >= 4 is 21.8 Å². The van der Waals surface area contributed by atoms with Crippen molar-refractivity contribution in [3.05, 3.63) is 36.9 Å². The molecular weight excluding hydrogens is 198 g/mol. The number of fused-ring (bicyclic) bond motifs is 1. The lowest BCUT2D eigenvalue weighted by Gasteiger charge is -1.91. The normalized spacial score (nSPS) is 12.9. The number of para-hydroxylation sites is 1. The van der Waals surface area contributed by atoms with Gasteiger partial charge >= 0.3 is 0 Å². The third kappa shape index (κ3) is 1.48. The Kier molecular flexibility index (Phi) is 2.45. The fourth-order valence-electron chi connectivity index (χ4n) is 1.21. The van der Waals surface area contributed by atoms with Crippen molar-refractivity contribution in [3.8, 4) is 0 Å². The number of hydrogen-bond donors (Lipinski definition) is 0. The summed E-state index contributed by atoms with van der Waals surface area (Å²) < 4.78 is 16.7. The summed E-state index contributed by atoms with van der Waals surface area (Å²) in [7, 11) is -1.15. The van der Waals surface area contributed by atoms with E-state index in [0.29, 0.717) is 16.4 Å². The van der Waals surface area contributed by atoms with Crippen LogP contribution in [0.25, 0.3) is 11.0 Å². The SMILES string of the molecule is C=CCS(=O)c1noc2ccccc12. The topological polar surface area (TPSA) is 43.1 Å². The van der Waals surface area contributed by atoms with E-state index in [0.717, 1.165) is 5.39 Å². The molecule has 0 saturated heterocycles. The Morgan fingerprint density at radius 2 is 2.29 bits per heavy atom. The van der Waals surface area contributed by atoms with Crippen molar-refractivity contribution in [2.75, 3.05) is 5.75 Å². The van der Waals surface area contributed by atoms with Gasteiger partial charge in [0.15, 0.2) is 10.6 Å². The molecule has 3 nitrogen and oxygen atoms in total. The molecule has 1 atom stereocenters. The minimum atomic E-state index is -1.15. The van der Waals surface area contributed by atoms with Crippen molar-refractivity contribution in [1.29, 1.82) is 0 Å². The molecule has 0 N–H and O–H groups in total. The van der Waals surface area contributed by atoms with Gasteiger partial charge < -0.3 is 4.52 Å². The van der Waals surface area contributed by atoms with E-state index in [2.05, 4.69) is 11.7 Å². The molecule has 1 unspecified atom stereocenters. The largest absolute Gasteiger partial charge is 0.355 e. The van der Waals surface area contributed by atoms with E-state index in [4.69, 9.17) is 4.52 Å². The smallest absolute Gasteiger partial charge is 0.178 e. The maximum absolute atomic E-state index is 11.6. The van der Waals surface area contributed by atoms with E-state index in [1.54, 1.807) is 12.1 Å². The van der Waals surface area contributed by atoms with Crippen molar-refractivity contribution in [1.82, 2.24) is 5.16 Å². The van der Waals surface area contributed by atoms with Crippen molar-refractivity contribution in [3.63, 3.8) is 0 Å². The lowest BCUT2D eigenvalue weighted by Crippen LogP contribution is -1.95. The average Bonchev–Trinajstić information content (AvgIpc) is 2.61. The minimum Gasteiger partial charge on any atom is -0.355 e. The van der Waals surface area contributed by atoms with Gasteiger partial charge in [0.05, 0.1) is 16.2 Å². The number of nitrogens with zero attached hydrogens (tertiary/aromatic N) is 1. The van der Waals surface area contributed by atoms with Gasteiger partial charge in [0.2, 0.25) is 0 Å². The summed E-state index contributed by atoms with van der Waals surface area (Å²) >= 11 is 0. The highest BCUT2D eigenvalue weighted by molar-refractivity contribution is 7.85. The molecule has 72 valence electrons. The molecule has 1 heterocycles. The summed E-state index contributed by atoms with van der Waals surface area (Å²) in [6, 6.07) is 7.38. The molecule has 0 saturated carbocycles. The second-order valence-electron chi connectivity index (χ2n) is 2.78. The Morgan fingerprint density at radius 1 is 1.50 bits per heavy atom. The molecular formula is C10H9NO2S. The third-order valence-electron chi connectivity index (χ3n) is 1.83. The van der Waals surface area contributed by atoms with Gasteiger partial charge in [0.1, 0.15) is 0 Å². The van der Waals surface area contributed by atoms with Gasteiger partial charge in [0.25, 0.3) is 0 Å². The number of rotatable bonds is 3. The van der Waals surface area contributed by atoms with Crippen LogP contribution >= 0.6 is 0 Å². The summed E-state index contributed by atoms with van der Waals surface area (Å²) in [6.45, 7) is 3.54. The zero-order valence-electron chi connectivity index (χ0n) is 7.47. The summed E-state index contributed by atoms with van der Waals surface area (Å²) in [4.78, 5) is 0. The molecule has 1 aromatic heterocycles. The molecule has 14 heavy (non-hydrogen) atoms. The van der Waals surface area contributed by atoms with Gasteiger partial charge in [-0.3, -0.25) is 4.21 Å². The molecule has 0 radical (unpaired) electrons. The first-order valence-electron chi connectivity index (χ1n) is 4.16. The van der Waals surface area contributed by atoms with Crippen LogP contribution in [0.1, 0.15) is 0 Å².